The number of rotatable bonds is 5. The van der Waals surface area contributed by atoms with Crippen LogP contribution in [0.5, 0.6) is 0 Å². The third-order valence-electron chi connectivity index (χ3n) is 3.85. The number of aryl methyl sites for hydroxylation is 1. The Morgan fingerprint density at radius 1 is 1.45 bits per heavy atom. The summed E-state index contributed by atoms with van der Waals surface area (Å²) in [7, 11) is -3.50. The average molecular weight is 298 g/mol. The van der Waals surface area contributed by atoms with E-state index in [-0.39, 0.29) is 12.0 Å². The van der Waals surface area contributed by atoms with Crippen molar-refractivity contribution in [2.24, 2.45) is 11.7 Å². The van der Waals surface area contributed by atoms with Gasteiger partial charge in [-0.25, -0.2) is 13.1 Å². The van der Waals surface area contributed by atoms with Crippen molar-refractivity contribution in [3.8, 4) is 0 Å². The number of ether oxygens (including phenoxy) is 1. The van der Waals surface area contributed by atoms with Gasteiger partial charge >= 0.3 is 0 Å². The molecule has 1 aromatic rings. The lowest BCUT2D eigenvalue weighted by molar-refractivity contribution is 0.107. The molecule has 0 radical (unpaired) electrons. The molecule has 0 amide bonds. The van der Waals surface area contributed by atoms with Crippen molar-refractivity contribution in [3.05, 3.63) is 29.3 Å². The first-order valence-corrected chi connectivity index (χ1v) is 8.33. The topological polar surface area (TPSA) is 81.4 Å². The van der Waals surface area contributed by atoms with Gasteiger partial charge in [-0.3, -0.25) is 0 Å². The predicted molar refractivity (Wildman–Crippen MR) is 77.8 cm³/mol. The molecule has 1 saturated heterocycles. The first-order chi connectivity index (χ1) is 9.44. The van der Waals surface area contributed by atoms with Crippen LogP contribution in [-0.2, 0) is 21.3 Å². The normalized spacial score (nSPS) is 23.1. The Balaban J connectivity index is 2.13. The Morgan fingerprint density at radius 2 is 2.20 bits per heavy atom. The molecule has 112 valence electrons. The highest BCUT2D eigenvalue weighted by molar-refractivity contribution is 7.89. The van der Waals surface area contributed by atoms with Crippen molar-refractivity contribution in [1.82, 2.24) is 4.72 Å². The number of nitrogens with one attached hydrogen (secondary N) is 1. The van der Waals surface area contributed by atoms with Crippen molar-refractivity contribution in [1.29, 1.82) is 0 Å². The van der Waals surface area contributed by atoms with Gasteiger partial charge in [0.2, 0.25) is 10.0 Å². The van der Waals surface area contributed by atoms with Gasteiger partial charge in [0.05, 0.1) is 11.0 Å². The van der Waals surface area contributed by atoms with E-state index in [1.807, 2.05) is 13.0 Å². The van der Waals surface area contributed by atoms with Crippen LogP contribution < -0.4 is 10.5 Å². The Bertz CT molecular complexity index is 572. The Hall–Kier alpha value is -0.950. The van der Waals surface area contributed by atoms with Crippen LogP contribution in [-0.4, -0.2) is 27.7 Å². The fourth-order valence-corrected chi connectivity index (χ4v) is 3.79. The molecule has 0 aromatic heterocycles. The Labute approximate surface area is 120 Å². The maximum atomic E-state index is 12.4. The van der Waals surface area contributed by atoms with Crippen molar-refractivity contribution < 1.29 is 13.2 Å². The molecular weight excluding hydrogens is 276 g/mol. The highest BCUT2D eigenvalue weighted by atomic mass is 32.2. The second-order valence-corrected chi connectivity index (χ2v) is 7.02. The molecule has 0 saturated carbocycles. The standard InChI is InChI=1S/C14H22N2O3S/c1-10-3-4-12(8-15)7-14(10)20(17,18)16-9-13-5-6-19-11(13)2/h3-4,7,11,13,16H,5-6,8-9,15H2,1-2H3. The Kier molecular flexibility index (Phi) is 4.80. The van der Waals surface area contributed by atoms with Crippen molar-refractivity contribution in [2.75, 3.05) is 13.2 Å². The van der Waals surface area contributed by atoms with E-state index in [1.165, 1.54) is 0 Å². The van der Waals surface area contributed by atoms with Gasteiger partial charge in [0.1, 0.15) is 0 Å². The summed E-state index contributed by atoms with van der Waals surface area (Å²) in [6.07, 6.45) is 1.00. The molecule has 2 rings (SSSR count). The number of hydrogen-bond donors (Lipinski definition) is 2. The summed E-state index contributed by atoms with van der Waals surface area (Å²) in [5.74, 6) is 0.239. The van der Waals surface area contributed by atoms with E-state index in [4.69, 9.17) is 10.5 Å². The zero-order valence-corrected chi connectivity index (χ0v) is 12.7. The molecule has 0 spiro atoms. The first kappa shape index (κ1) is 15.4. The predicted octanol–water partition coefficient (Wildman–Crippen LogP) is 1.16. The van der Waals surface area contributed by atoms with Crippen LogP contribution in [0.4, 0.5) is 0 Å². The molecule has 2 atom stereocenters. The third-order valence-corrected chi connectivity index (χ3v) is 5.41. The maximum absolute atomic E-state index is 12.4. The fourth-order valence-electron chi connectivity index (χ4n) is 2.40. The summed E-state index contributed by atoms with van der Waals surface area (Å²) in [6.45, 7) is 5.21. The van der Waals surface area contributed by atoms with E-state index in [2.05, 4.69) is 4.72 Å². The van der Waals surface area contributed by atoms with E-state index in [1.54, 1.807) is 19.1 Å². The van der Waals surface area contributed by atoms with E-state index in [0.29, 0.717) is 24.6 Å². The molecule has 1 fully saturated rings. The van der Waals surface area contributed by atoms with E-state index < -0.39 is 10.0 Å². The third kappa shape index (κ3) is 3.38. The smallest absolute Gasteiger partial charge is 0.240 e. The van der Waals surface area contributed by atoms with E-state index in [0.717, 1.165) is 17.5 Å². The molecule has 0 aliphatic carbocycles. The number of sulfonamides is 1. The largest absolute Gasteiger partial charge is 0.378 e. The fraction of sp³-hybridized carbons (Fsp3) is 0.571. The highest BCUT2D eigenvalue weighted by Crippen LogP contribution is 2.21. The minimum absolute atomic E-state index is 0.106. The lowest BCUT2D eigenvalue weighted by atomic mass is 10.0. The van der Waals surface area contributed by atoms with Crippen molar-refractivity contribution >= 4 is 10.0 Å². The van der Waals surface area contributed by atoms with Gasteiger partial charge < -0.3 is 10.5 Å². The zero-order valence-electron chi connectivity index (χ0n) is 11.9. The molecule has 1 heterocycles. The molecule has 1 aliphatic rings. The van der Waals surface area contributed by atoms with Crippen LogP contribution in [0.15, 0.2) is 23.1 Å². The molecule has 20 heavy (non-hydrogen) atoms. The lowest BCUT2D eigenvalue weighted by Crippen LogP contribution is -2.32. The summed E-state index contributed by atoms with van der Waals surface area (Å²) >= 11 is 0. The van der Waals surface area contributed by atoms with E-state index in [9.17, 15) is 8.42 Å². The molecule has 1 aliphatic heterocycles. The monoisotopic (exact) mass is 298 g/mol. The molecule has 6 heteroatoms. The second-order valence-electron chi connectivity index (χ2n) is 5.28. The van der Waals surface area contributed by atoms with Crippen LogP contribution in [0.3, 0.4) is 0 Å². The van der Waals surface area contributed by atoms with Gasteiger partial charge in [-0.2, -0.15) is 0 Å². The van der Waals surface area contributed by atoms with Gasteiger partial charge in [0, 0.05) is 25.6 Å². The quantitative estimate of drug-likeness (QED) is 0.854. The number of hydrogen-bond acceptors (Lipinski definition) is 4. The van der Waals surface area contributed by atoms with Gasteiger partial charge in [-0.1, -0.05) is 12.1 Å². The maximum Gasteiger partial charge on any atom is 0.240 e. The van der Waals surface area contributed by atoms with Gasteiger partial charge in [-0.15, -0.1) is 0 Å². The molecule has 3 N–H and O–H groups in total. The number of nitrogens with two attached hydrogens (primary N) is 1. The van der Waals surface area contributed by atoms with Crippen molar-refractivity contribution in [3.63, 3.8) is 0 Å². The van der Waals surface area contributed by atoms with Crippen LogP contribution in [0.2, 0.25) is 0 Å². The molecule has 5 nitrogen and oxygen atoms in total. The summed E-state index contributed by atoms with van der Waals surface area (Å²) in [6, 6.07) is 5.28. The number of benzene rings is 1. The van der Waals surface area contributed by atoms with Gasteiger partial charge in [-0.05, 0) is 37.5 Å². The average Bonchev–Trinajstić information content (AvgIpc) is 2.82. The van der Waals surface area contributed by atoms with Gasteiger partial charge in [0.15, 0.2) is 0 Å². The minimum atomic E-state index is -3.50. The summed E-state index contributed by atoms with van der Waals surface area (Å²) < 4.78 is 32.9. The van der Waals surface area contributed by atoms with Crippen LogP contribution in [0.1, 0.15) is 24.5 Å². The second kappa shape index (κ2) is 6.22. The lowest BCUT2D eigenvalue weighted by Gasteiger charge is -2.16. The van der Waals surface area contributed by atoms with Crippen LogP contribution in [0, 0.1) is 12.8 Å². The highest BCUT2D eigenvalue weighted by Gasteiger charge is 2.26. The van der Waals surface area contributed by atoms with Gasteiger partial charge in [0.25, 0.3) is 0 Å². The van der Waals surface area contributed by atoms with E-state index >= 15 is 0 Å². The SMILES string of the molecule is Cc1ccc(CN)cc1S(=O)(=O)NCC1CCOC1C. The first-order valence-electron chi connectivity index (χ1n) is 6.85. The molecular formula is C14H22N2O3S. The summed E-state index contributed by atoms with van der Waals surface area (Å²) in [4.78, 5) is 0.312. The Morgan fingerprint density at radius 3 is 2.80 bits per heavy atom. The molecule has 1 aromatic carbocycles. The molecule has 2 unspecified atom stereocenters. The van der Waals surface area contributed by atoms with Crippen LogP contribution >= 0.6 is 0 Å². The summed E-state index contributed by atoms with van der Waals surface area (Å²) in [5.41, 5.74) is 7.11. The molecule has 0 bridgehead atoms. The van der Waals surface area contributed by atoms with Crippen LogP contribution in [0.25, 0.3) is 0 Å². The summed E-state index contributed by atoms with van der Waals surface area (Å²) in [5, 5.41) is 0. The minimum Gasteiger partial charge on any atom is -0.378 e. The van der Waals surface area contributed by atoms with Crippen molar-refractivity contribution in [2.45, 2.75) is 37.8 Å². The zero-order chi connectivity index (χ0) is 14.8.